The zero-order chi connectivity index (χ0) is 18.3. The molecule has 26 heavy (non-hydrogen) atoms. The predicted molar refractivity (Wildman–Crippen MR) is 94.5 cm³/mol. The van der Waals surface area contributed by atoms with Crippen molar-refractivity contribution in [1.29, 1.82) is 0 Å². The largest absolute Gasteiger partial charge is 0.490 e. The van der Waals surface area contributed by atoms with Gasteiger partial charge in [0.2, 0.25) is 10.0 Å². The normalized spacial score (nSPS) is 20.3. The summed E-state index contributed by atoms with van der Waals surface area (Å²) in [5.41, 5.74) is 1.92. The molecule has 0 unspecified atom stereocenters. The summed E-state index contributed by atoms with van der Waals surface area (Å²) in [5, 5.41) is 0. The Balaban J connectivity index is 1.73. The van der Waals surface area contributed by atoms with Crippen LogP contribution >= 0.6 is 0 Å². The molecule has 0 saturated carbocycles. The lowest BCUT2D eigenvalue weighted by atomic mass is 9.94. The Hall–Kier alpha value is -2.12. The van der Waals surface area contributed by atoms with Gasteiger partial charge < -0.3 is 9.47 Å². The molecule has 2 aliphatic rings. The van der Waals surface area contributed by atoms with Gasteiger partial charge in [-0.25, -0.2) is 12.8 Å². The maximum atomic E-state index is 14.1. The van der Waals surface area contributed by atoms with Crippen molar-refractivity contribution in [3.05, 3.63) is 53.3 Å². The highest BCUT2D eigenvalue weighted by atomic mass is 32.2. The summed E-state index contributed by atoms with van der Waals surface area (Å²) < 4.78 is 52.9. The van der Waals surface area contributed by atoms with Gasteiger partial charge in [0.1, 0.15) is 10.7 Å². The second kappa shape index (κ2) is 6.55. The molecule has 0 spiro atoms. The van der Waals surface area contributed by atoms with Crippen LogP contribution in [-0.2, 0) is 16.4 Å². The minimum absolute atomic E-state index is 0.287. The van der Waals surface area contributed by atoms with Crippen LogP contribution in [0.3, 0.4) is 0 Å². The van der Waals surface area contributed by atoms with Crippen molar-refractivity contribution in [1.82, 2.24) is 4.31 Å². The number of nitrogens with zero attached hydrogens (tertiary/aromatic N) is 1. The Kier molecular flexibility index (Phi) is 4.36. The fraction of sp³-hybridized carbons (Fsp3) is 0.368. The van der Waals surface area contributed by atoms with Gasteiger partial charge in [0.15, 0.2) is 11.5 Å². The van der Waals surface area contributed by atoms with E-state index in [2.05, 4.69) is 0 Å². The van der Waals surface area contributed by atoms with Crippen LogP contribution in [0.2, 0.25) is 0 Å². The molecule has 1 atom stereocenters. The lowest BCUT2D eigenvalue weighted by molar-refractivity contribution is 0.296. The van der Waals surface area contributed by atoms with E-state index in [4.69, 9.17) is 9.47 Å². The molecule has 2 heterocycles. The summed E-state index contributed by atoms with van der Waals surface area (Å²) in [6, 6.07) is 8.88. The van der Waals surface area contributed by atoms with E-state index in [1.807, 2.05) is 19.1 Å². The molecule has 2 aromatic carbocycles. The Morgan fingerprint density at radius 2 is 1.81 bits per heavy atom. The zero-order valence-corrected chi connectivity index (χ0v) is 15.3. The van der Waals surface area contributed by atoms with Crippen LogP contribution in [-0.4, -0.2) is 32.5 Å². The second-order valence-corrected chi connectivity index (χ2v) is 8.38. The average Bonchev–Trinajstić information content (AvgIpc) is 2.85. The number of hydrogen-bond donors (Lipinski definition) is 0. The fourth-order valence-corrected chi connectivity index (χ4v) is 5.24. The Morgan fingerprint density at radius 3 is 2.54 bits per heavy atom. The van der Waals surface area contributed by atoms with Gasteiger partial charge in [-0.3, -0.25) is 0 Å². The van der Waals surface area contributed by atoms with E-state index in [0.29, 0.717) is 37.7 Å². The van der Waals surface area contributed by atoms with Crippen molar-refractivity contribution in [2.24, 2.45) is 0 Å². The molecule has 0 fully saturated rings. The summed E-state index contributed by atoms with van der Waals surface area (Å²) in [4.78, 5) is -0.287. The van der Waals surface area contributed by atoms with Crippen LogP contribution in [0, 0.1) is 5.82 Å². The number of benzene rings is 2. The van der Waals surface area contributed by atoms with Gasteiger partial charge in [-0.1, -0.05) is 12.1 Å². The molecule has 7 heteroatoms. The molecule has 0 aliphatic carbocycles. The molecule has 0 radical (unpaired) electrons. The average molecular weight is 377 g/mol. The first-order valence-corrected chi connectivity index (χ1v) is 10.1. The summed E-state index contributed by atoms with van der Waals surface area (Å²) in [7, 11) is -3.93. The Bertz CT molecular complexity index is 945. The Morgan fingerprint density at radius 1 is 1.12 bits per heavy atom. The van der Waals surface area contributed by atoms with E-state index < -0.39 is 21.9 Å². The number of fused-ring (bicyclic) bond motifs is 2. The van der Waals surface area contributed by atoms with Crippen LogP contribution < -0.4 is 9.47 Å². The molecule has 0 N–H and O–H groups in total. The van der Waals surface area contributed by atoms with Gasteiger partial charge in [-0.15, -0.1) is 0 Å². The number of halogens is 1. The molecule has 0 saturated heterocycles. The smallest absolute Gasteiger partial charge is 0.246 e. The van der Waals surface area contributed by atoms with Gasteiger partial charge in [0.25, 0.3) is 0 Å². The highest BCUT2D eigenvalue weighted by molar-refractivity contribution is 7.89. The topological polar surface area (TPSA) is 55.8 Å². The minimum Gasteiger partial charge on any atom is -0.490 e. The lowest BCUT2D eigenvalue weighted by Gasteiger charge is -2.34. The molecule has 0 amide bonds. The van der Waals surface area contributed by atoms with Crippen molar-refractivity contribution in [2.45, 2.75) is 30.7 Å². The van der Waals surface area contributed by atoms with E-state index in [1.54, 1.807) is 0 Å². The van der Waals surface area contributed by atoms with Gasteiger partial charge in [-0.2, -0.15) is 4.31 Å². The van der Waals surface area contributed by atoms with Gasteiger partial charge in [0, 0.05) is 19.0 Å². The highest BCUT2D eigenvalue weighted by Gasteiger charge is 2.36. The van der Waals surface area contributed by atoms with Crippen molar-refractivity contribution in [3.8, 4) is 11.5 Å². The van der Waals surface area contributed by atoms with Crippen LogP contribution in [0.1, 0.15) is 30.5 Å². The first-order chi connectivity index (χ1) is 12.5. The maximum absolute atomic E-state index is 14.1. The monoisotopic (exact) mass is 377 g/mol. The van der Waals surface area contributed by atoms with E-state index >= 15 is 0 Å². The van der Waals surface area contributed by atoms with Gasteiger partial charge >= 0.3 is 0 Å². The third kappa shape index (κ3) is 2.85. The van der Waals surface area contributed by atoms with Crippen molar-refractivity contribution in [3.63, 3.8) is 0 Å². The predicted octanol–water partition coefficient (Wildman–Crippen LogP) is 3.30. The first kappa shape index (κ1) is 17.3. The van der Waals surface area contributed by atoms with Gasteiger partial charge in [0.05, 0.1) is 13.2 Å². The lowest BCUT2D eigenvalue weighted by Crippen LogP contribution is -2.39. The molecule has 5 nitrogen and oxygen atoms in total. The van der Waals surface area contributed by atoms with Crippen LogP contribution in [0.4, 0.5) is 4.39 Å². The maximum Gasteiger partial charge on any atom is 0.246 e. The molecular formula is C19H20FNO4S. The second-order valence-electron chi connectivity index (χ2n) is 6.52. The third-order valence-corrected chi connectivity index (χ3v) is 6.92. The quantitative estimate of drug-likeness (QED) is 0.806. The molecule has 2 aliphatic heterocycles. The first-order valence-electron chi connectivity index (χ1n) is 8.67. The zero-order valence-electron chi connectivity index (χ0n) is 14.4. The van der Waals surface area contributed by atoms with Crippen LogP contribution in [0.25, 0.3) is 0 Å². The molecule has 138 valence electrons. The molecule has 2 aromatic rings. The summed E-state index contributed by atoms with van der Waals surface area (Å²) in [6.45, 7) is 3.29. The third-order valence-electron chi connectivity index (χ3n) is 4.92. The van der Waals surface area contributed by atoms with E-state index in [9.17, 15) is 12.8 Å². The number of sulfonamides is 1. The number of hydrogen-bond acceptors (Lipinski definition) is 4. The van der Waals surface area contributed by atoms with E-state index in [1.165, 1.54) is 28.6 Å². The van der Waals surface area contributed by atoms with Gasteiger partial charge in [-0.05, 0) is 48.7 Å². The fourth-order valence-electron chi connectivity index (χ4n) is 3.56. The van der Waals surface area contributed by atoms with Crippen LogP contribution in [0.15, 0.2) is 41.3 Å². The van der Waals surface area contributed by atoms with Crippen molar-refractivity contribution in [2.75, 3.05) is 19.8 Å². The summed E-state index contributed by atoms with van der Waals surface area (Å²) in [6.07, 6.45) is 1.35. The molecule has 0 aromatic heterocycles. The highest BCUT2D eigenvalue weighted by Crippen LogP contribution is 2.40. The van der Waals surface area contributed by atoms with E-state index in [-0.39, 0.29) is 4.90 Å². The SMILES string of the molecule is C[C@H]1c2cc3c(cc2CCN1S(=O)(=O)c1ccccc1F)OCCCO3. The number of ether oxygens (including phenoxy) is 2. The minimum atomic E-state index is -3.93. The Labute approximate surface area is 152 Å². The number of rotatable bonds is 2. The van der Waals surface area contributed by atoms with Crippen LogP contribution in [0.5, 0.6) is 11.5 Å². The molecule has 0 bridgehead atoms. The molecule has 4 rings (SSSR count). The molecular weight excluding hydrogens is 357 g/mol. The van der Waals surface area contributed by atoms with E-state index in [0.717, 1.165) is 17.5 Å². The standard InChI is InChI=1S/C19H20FNO4S/c1-13-15-12-18-17(24-9-4-10-25-18)11-14(15)7-8-21(13)26(22,23)19-6-3-2-5-16(19)20/h2-3,5-6,11-13H,4,7-10H2,1H3/t13-/m0/s1. The van der Waals surface area contributed by atoms with Crippen molar-refractivity contribution < 1.29 is 22.3 Å². The summed E-state index contributed by atoms with van der Waals surface area (Å²) in [5.74, 6) is 0.612. The van der Waals surface area contributed by atoms with Crippen molar-refractivity contribution >= 4 is 10.0 Å². The summed E-state index contributed by atoms with van der Waals surface area (Å²) >= 11 is 0.